The molecule has 112 valence electrons. The maximum atomic E-state index is 12.7. The number of para-hydroxylation sites is 2. The molecule has 0 aliphatic carbocycles. The highest BCUT2D eigenvalue weighted by atomic mass is 32.2. The summed E-state index contributed by atoms with van der Waals surface area (Å²) in [5, 5.41) is 0. The Balaban J connectivity index is 2.47. The quantitative estimate of drug-likeness (QED) is 0.861. The van der Waals surface area contributed by atoms with Gasteiger partial charge in [0.2, 0.25) is 0 Å². The fourth-order valence-electron chi connectivity index (χ4n) is 2.06. The number of rotatable bonds is 5. The monoisotopic (exact) mass is 306 g/mol. The molecule has 0 fully saturated rings. The molecule has 0 spiro atoms. The number of nitrogens with two attached hydrogens (primary N) is 1. The average molecular weight is 306 g/mol. The number of hydrogen-bond acceptors (Lipinski definition) is 4. The van der Waals surface area contributed by atoms with E-state index in [9.17, 15) is 8.42 Å². The van der Waals surface area contributed by atoms with Gasteiger partial charge in [-0.15, -0.1) is 0 Å². The summed E-state index contributed by atoms with van der Waals surface area (Å²) in [6, 6.07) is 13.2. The van der Waals surface area contributed by atoms with Gasteiger partial charge in [0.05, 0.1) is 23.4 Å². The second-order valence-corrected chi connectivity index (χ2v) is 6.27. The van der Waals surface area contributed by atoms with Gasteiger partial charge in [-0.1, -0.05) is 12.1 Å². The fraction of sp³-hybridized carbons (Fsp3) is 0.200. The number of benzene rings is 2. The van der Waals surface area contributed by atoms with Crippen LogP contribution in [0.15, 0.2) is 53.4 Å². The third-order valence-electron chi connectivity index (χ3n) is 3.14. The van der Waals surface area contributed by atoms with Gasteiger partial charge in [0.1, 0.15) is 5.75 Å². The summed E-state index contributed by atoms with van der Waals surface area (Å²) in [4.78, 5) is 0.202. The molecule has 0 saturated heterocycles. The summed E-state index contributed by atoms with van der Waals surface area (Å²) in [6.07, 6.45) is 0. The molecule has 6 heteroatoms. The number of nitrogens with zero attached hydrogens (tertiary/aromatic N) is 1. The lowest BCUT2D eigenvalue weighted by atomic mass is 10.3. The standard InChI is InChI=1S/C15H18N2O3S/c1-3-17(15-7-5-4-6-14(15)16)21(18,19)13-10-8-12(20-2)9-11-13/h4-11H,3,16H2,1-2H3. The van der Waals surface area contributed by atoms with E-state index < -0.39 is 10.0 Å². The molecule has 2 N–H and O–H groups in total. The molecule has 0 atom stereocenters. The van der Waals surface area contributed by atoms with Gasteiger partial charge in [-0.25, -0.2) is 8.42 Å². The maximum Gasteiger partial charge on any atom is 0.264 e. The SMILES string of the molecule is CCN(c1ccccc1N)S(=O)(=O)c1ccc(OC)cc1. The molecule has 0 unspecified atom stereocenters. The van der Waals surface area contributed by atoms with E-state index in [1.54, 1.807) is 43.3 Å². The maximum absolute atomic E-state index is 12.7. The Hall–Kier alpha value is -2.21. The normalized spacial score (nSPS) is 11.1. The van der Waals surface area contributed by atoms with E-state index in [0.29, 0.717) is 23.7 Å². The van der Waals surface area contributed by atoms with Crippen LogP contribution in [-0.2, 0) is 10.0 Å². The molecule has 0 aliphatic heterocycles. The summed E-state index contributed by atoms with van der Waals surface area (Å²) in [6.45, 7) is 2.07. The lowest BCUT2D eigenvalue weighted by molar-refractivity contribution is 0.414. The van der Waals surface area contributed by atoms with Crippen LogP contribution in [0.3, 0.4) is 0 Å². The Morgan fingerprint density at radius 3 is 2.24 bits per heavy atom. The molecule has 0 bridgehead atoms. The van der Waals surface area contributed by atoms with Crippen molar-refractivity contribution in [1.29, 1.82) is 0 Å². The zero-order valence-corrected chi connectivity index (χ0v) is 12.8. The lowest BCUT2D eigenvalue weighted by Crippen LogP contribution is -2.31. The number of nitrogen functional groups attached to an aromatic ring is 1. The van der Waals surface area contributed by atoms with Gasteiger partial charge in [-0.2, -0.15) is 0 Å². The molecule has 2 rings (SSSR count). The Kier molecular flexibility index (Phi) is 4.37. The van der Waals surface area contributed by atoms with Gasteiger partial charge in [-0.3, -0.25) is 4.31 Å². The minimum absolute atomic E-state index is 0.202. The average Bonchev–Trinajstić information content (AvgIpc) is 2.50. The molecule has 0 saturated carbocycles. The molecule has 0 amide bonds. The second-order valence-electron chi connectivity index (χ2n) is 4.40. The highest BCUT2D eigenvalue weighted by molar-refractivity contribution is 7.92. The summed E-state index contributed by atoms with van der Waals surface area (Å²) in [5.74, 6) is 0.608. The Labute approximate surface area is 125 Å². The highest BCUT2D eigenvalue weighted by Crippen LogP contribution is 2.28. The molecule has 2 aromatic rings. The van der Waals surface area contributed by atoms with Crippen molar-refractivity contribution in [2.24, 2.45) is 0 Å². The second kappa shape index (κ2) is 6.05. The van der Waals surface area contributed by atoms with E-state index in [1.807, 2.05) is 0 Å². The third-order valence-corrected chi connectivity index (χ3v) is 5.04. The number of ether oxygens (including phenoxy) is 1. The van der Waals surface area contributed by atoms with Crippen LogP contribution in [0.2, 0.25) is 0 Å². The van der Waals surface area contributed by atoms with Gasteiger partial charge >= 0.3 is 0 Å². The van der Waals surface area contributed by atoms with Crippen molar-refractivity contribution in [3.63, 3.8) is 0 Å². The van der Waals surface area contributed by atoms with Crippen LogP contribution in [0.1, 0.15) is 6.92 Å². The van der Waals surface area contributed by atoms with Crippen molar-refractivity contribution in [3.05, 3.63) is 48.5 Å². The van der Waals surface area contributed by atoms with Crippen LogP contribution >= 0.6 is 0 Å². The van der Waals surface area contributed by atoms with E-state index in [-0.39, 0.29) is 4.90 Å². The van der Waals surface area contributed by atoms with Crippen LogP contribution < -0.4 is 14.8 Å². The van der Waals surface area contributed by atoms with Gasteiger partial charge in [0, 0.05) is 6.54 Å². The predicted molar refractivity (Wildman–Crippen MR) is 84.1 cm³/mol. The predicted octanol–water partition coefficient (Wildman–Crippen LogP) is 2.49. The molecule has 0 radical (unpaired) electrons. The Bertz CT molecular complexity index is 712. The Morgan fingerprint density at radius 2 is 1.71 bits per heavy atom. The van der Waals surface area contributed by atoms with Crippen molar-refractivity contribution >= 4 is 21.4 Å². The zero-order valence-electron chi connectivity index (χ0n) is 12.0. The van der Waals surface area contributed by atoms with E-state index in [2.05, 4.69) is 0 Å². The summed E-state index contributed by atoms with van der Waals surface area (Å²) < 4.78 is 31.8. The van der Waals surface area contributed by atoms with Crippen LogP contribution in [0.25, 0.3) is 0 Å². The first kappa shape index (κ1) is 15.2. The minimum atomic E-state index is -3.65. The molecule has 0 heterocycles. The number of sulfonamides is 1. The largest absolute Gasteiger partial charge is 0.497 e. The van der Waals surface area contributed by atoms with E-state index in [0.717, 1.165) is 0 Å². The van der Waals surface area contributed by atoms with E-state index in [1.165, 1.54) is 23.5 Å². The van der Waals surface area contributed by atoms with E-state index in [4.69, 9.17) is 10.5 Å². The van der Waals surface area contributed by atoms with Crippen LogP contribution in [0.5, 0.6) is 5.75 Å². The number of methoxy groups -OCH3 is 1. The van der Waals surface area contributed by atoms with Gasteiger partial charge in [0.25, 0.3) is 10.0 Å². The zero-order chi connectivity index (χ0) is 15.5. The Morgan fingerprint density at radius 1 is 1.10 bits per heavy atom. The van der Waals surface area contributed by atoms with Crippen molar-refractivity contribution in [1.82, 2.24) is 0 Å². The lowest BCUT2D eigenvalue weighted by Gasteiger charge is -2.24. The molecule has 21 heavy (non-hydrogen) atoms. The van der Waals surface area contributed by atoms with Crippen LogP contribution in [0.4, 0.5) is 11.4 Å². The number of hydrogen-bond donors (Lipinski definition) is 1. The summed E-state index contributed by atoms with van der Waals surface area (Å²) in [7, 11) is -2.12. The summed E-state index contributed by atoms with van der Waals surface area (Å²) >= 11 is 0. The molecule has 5 nitrogen and oxygen atoms in total. The number of anilines is 2. The smallest absolute Gasteiger partial charge is 0.264 e. The first-order valence-electron chi connectivity index (χ1n) is 6.52. The van der Waals surface area contributed by atoms with E-state index >= 15 is 0 Å². The van der Waals surface area contributed by atoms with Crippen molar-refractivity contribution in [3.8, 4) is 5.75 Å². The van der Waals surface area contributed by atoms with Crippen molar-refractivity contribution < 1.29 is 13.2 Å². The van der Waals surface area contributed by atoms with Gasteiger partial charge in [-0.05, 0) is 43.3 Å². The summed E-state index contributed by atoms with van der Waals surface area (Å²) in [5.41, 5.74) is 6.80. The third kappa shape index (κ3) is 2.95. The highest BCUT2D eigenvalue weighted by Gasteiger charge is 2.24. The van der Waals surface area contributed by atoms with Crippen LogP contribution in [-0.4, -0.2) is 22.1 Å². The van der Waals surface area contributed by atoms with Crippen molar-refractivity contribution in [2.45, 2.75) is 11.8 Å². The first-order chi connectivity index (χ1) is 10.0. The topological polar surface area (TPSA) is 72.6 Å². The van der Waals surface area contributed by atoms with Gasteiger partial charge < -0.3 is 10.5 Å². The molecular weight excluding hydrogens is 288 g/mol. The van der Waals surface area contributed by atoms with Crippen molar-refractivity contribution in [2.75, 3.05) is 23.7 Å². The molecule has 2 aromatic carbocycles. The molecule has 0 aliphatic rings. The fourth-order valence-corrected chi connectivity index (χ4v) is 3.56. The first-order valence-corrected chi connectivity index (χ1v) is 7.96. The van der Waals surface area contributed by atoms with Gasteiger partial charge in [0.15, 0.2) is 0 Å². The molecule has 0 aromatic heterocycles. The molecular formula is C15H18N2O3S. The minimum Gasteiger partial charge on any atom is -0.497 e. The van der Waals surface area contributed by atoms with Crippen LogP contribution in [0, 0.1) is 0 Å².